The maximum Gasteiger partial charge on any atom is 0.339 e. The predicted molar refractivity (Wildman–Crippen MR) is 162 cm³/mol. The van der Waals surface area contributed by atoms with Crippen LogP contribution in [0.25, 0.3) is 0 Å². The van der Waals surface area contributed by atoms with Gasteiger partial charge in [-0.1, -0.05) is 18.9 Å². The molecule has 0 radical (unpaired) electrons. The number of carbonyl (C=O) groups excluding carboxylic acids is 5. The van der Waals surface area contributed by atoms with Gasteiger partial charge in [-0.25, -0.2) is 4.79 Å². The van der Waals surface area contributed by atoms with Crippen LogP contribution in [0.1, 0.15) is 83.8 Å². The Kier molecular flexibility index (Phi) is 9.71. The molecule has 10 atom stereocenters. The molecule has 3 fully saturated rings. The monoisotopic (exact) mass is 654 g/mol. The Labute approximate surface area is 274 Å². The highest BCUT2D eigenvalue weighted by Gasteiger charge is 2.65. The van der Waals surface area contributed by atoms with Crippen LogP contribution in [0.15, 0.2) is 18.2 Å². The molecule has 4 aliphatic rings. The van der Waals surface area contributed by atoms with E-state index in [1.54, 1.807) is 0 Å². The Bertz CT molecular complexity index is 1480. The Hall–Kier alpha value is -3.95. The molecule has 0 aromatic heterocycles. The van der Waals surface area contributed by atoms with E-state index in [1.165, 1.54) is 18.1 Å². The number of terminal acetylenes is 1. The third-order valence-corrected chi connectivity index (χ3v) is 10.5. The van der Waals surface area contributed by atoms with Crippen LogP contribution in [0.3, 0.4) is 0 Å². The lowest BCUT2D eigenvalue weighted by molar-refractivity contribution is -0.328. The lowest BCUT2D eigenvalue weighted by Gasteiger charge is -2.54. The largest absolute Gasteiger partial charge is 0.467 e. The van der Waals surface area contributed by atoms with Gasteiger partial charge < -0.3 is 33.2 Å². The van der Waals surface area contributed by atoms with Gasteiger partial charge in [-0.05, 0) is 79.5 Å². The van der Waals surface area contributed by atoms with Crippen LogP contribution < -0.4 is 4.74 Å². The number of esters is 5. The zero-order valence-corrected chi connectivity index (χ0v) is 27.6. The fourth-order valence-corrected chi connectivity index (χ4v) is 8.62. The summed E-state index contributed by atoms with van der Waals surface area (Å²) in [5.74, 6) is 0.666. The molecule has 5 rings (SSSR count). The first kappa shape index (κ1) is 34.4. The third kappa shape index (κ3) is 6.35. The second-order valence-electron chi connectivity index (χ2n) is 13.1. The molecule has 2 saturated carbocycles. The molecule has 0 bridgehead atoms. The van der Waals surface area contributed by atoms with Gasteiger partial charge in [0, 0.05) is 33.1 Å². The first-order valence-electron chi connectivity index (χ1n) is 16.0. The van der Waals surface area contributed by atoms with E-state index in [1.807, 2.05) is 12.1 Å². The Morgan fingerprint density at radius 3 is 2.15 bits per heavy atom. The molecule has 254 valence electrons. The molecule has 1 aromatic carbocycles. The molecule has 1 saturated heterocycles. The molecular formula is C35H42O12. The van der Waals surface area contributed by atoms with E-state index in [2.05, 4.69) is 18.9 Å². The first-order valence-corrected chi connectivity index (χ1v) is 16.0. The number of rotatable bonds is 7. The van der Waals surface area contributed by atoms with Gasteiger partial charge >= 0.3 is 29.8 Å². The number of ether oxygens (including phenoxy) is 7. The van der Waals surface area contributed by atoms with Crippen molar-refractivity contribution in [2.45, 2.75) is 115 Å². The highest BCUT2D eigenvalue weighted by Crippen LogP contribution is 2.65. The molecular weight excluding hydrogens is 612 g/mol. The molecule has 0 amide bonds. The van der Waals surface area contributed by atoms with Gasteiger partial charge in [-0.2, -0.15) is 0 Å². The fraction of sp³-hybridized carbons (Fsp3) is 0.629. The van der Waals surface area contributed by atoms with Crippen molar-refractivity contribution in [1.29, 1.82) is 0 Å². The average molecular weight is 655 g/mol. The highest BCUT2D eigenvalue weighted by molar-refractivity contribution is 5.77. The van der Waals surface area contributed by atoms with E-state index in [0.717, 1.165) is 53.6 Å². The lowest BCUT2D eigenvalue weighted by atomic mass is 9.53. The molecule has 0 N–H and O–H groups in total. The Balaban J connectivity index is 1.47. The van der Waals surface area contributed by atoms with Gasteiger partial charge in [0.05, 0.1) is 7.11 Å². The summed E-state index contributed by atoms with van der Waals surface area (Å²) in [5.41, 5.74) is 0.692. The highest BCUT2D eigenvalue weighted by atomic mass is 16.7. The van der Waals surface area contributed by atoms with E-state index in [0.29, 0.717) is 24.5 Å². The van der Waals surface area contributed by atoms with Crippen LogP contribution in [0.4, 0.5) is 0 Å². The van der Waals surface area contributed by atoms with E-state index in [4.69, 9.17) is 39.6 Å². The van der Waals surface area contributed by atoms with Crippen LogP contribution in [0, 0.1) is 29.6 Å². The van der Waals surface area contributed by atoms with E-state index >= 15 is 0 Å². The predicted octanol–water partition coefficient (Wildman–Crippen LogP) is 3.55. The van der Waals surface area contributed by atoms with Crippen molar-refractivity contribution >= 4 is 29.8 Å². The standard InChI is InChI=1S/C35H42O12/c1-8-35(47-33-31(45-21(5)39)29(44-20(4)38)28(43-19(3)37)30(46-33)32(40)41-7)16-14-27-26-11-9-22-17-23(42-18(2)36)10-12-24(22)25(26)13-15-34(27,35)6/h1,10,12,17,25-31,33H,9,11,13-16H2,2-7H3/t25-,26-,27+,28?,29?,30?,31?,33?,34+,35-/m0/s1. The molecule has 3 aliphatic carbocycles. The van der Waals surface area contributed by atoms with Gasteiger partial charge in [-0.3, -0.25) is 19.2 Å². The van der Waals surface area contributed by atoms with Crippen LogP contribution in [0.5, 0.6) is 5.75 Å². The number of hydrogen-bond donors (Lipinski definition) is 0. The topological polar surface area (TPSA) is 150 Å². The Morgan fingerprint density at radius 2 is 1.53 bits per heavy atom. The fourth-order valence-electron chi connectivity index (χ4n) is 8.62. The van der Waals surface area contributed by atoms with Gasteiger partial charge in [0.25, 0.3) is 0 Å². The molecule has 12 nitrogen and oxygen atoms in total. The molecule has 1 aliphatic heterocycles. The Morgan fingerprint density at radius 1 is 0.872 bits per heavy atom. The summed E-state index contributed by atoms with van der Waals surface area (Å²) in [6.45, 7) is 6.92. The van der Waals surface area contributed by atoms with Crippen molar-refractivity contribution in [3.05, 3.63) is 29.3 Å². The lowest BCUT2D eigenvalue weighted by Crippen LogP contribution is -2.66. The van der Waals surface area contributed by atoms with Crippen molar-refractivity contribution in [2.75, 3.05) is 7.11 Å². The third-order valence-electron chi connectivity index (χ3n) is 10.5. The number of fused-ring (bicyclic) bond motifs is 5. The molecule has 0 spiro atoms. The maximum absolute atomic E-state index is 13.0. The summed E-state index contributed by atoms with van der Waals surface area (Å²) in [7, 11) is 1.13. The SMILES string of the molecule is C#C[C@]1(OC2OC(C(=O)OC)C(OC(C)=O)C(OC(C)=O)C2OC(C)=O)CC[C@@H]2[C@H]3CCc4cc(OC(C)=O)ccc4[C@@H]3CC[C@]21C. The van der Waals surface area contributed by atoms with E-state index in [9.17, 15) is 24.0 Å². The molecule has 5 unspecified atom stereocenters. The van der Waals surface area contributed by atoms with Crippen LogP contribution in [-0.4, -0.2) is 73.3 Å². The van der Waals surface area contributed by atoms with Gasteiger partial charge in [-0.15, -0.1) is 6.42 Å². The maximum atomic E-state index is 13.0. The zero-order chi connectivity index (χ0) is 34.3. The van der Waals surface area contributed by atoms with Crippen molar-refractivity contribution in [2.24, 2.45) is 17.3 Å². The van der Waals surface area contributed by atoms with Gasteiger partial charge in [0.15, 0.2) is 24.4 Å². The summed E-state index contributed by atoms with van der Waals surface area (Å²) in [6, 6.07) is 5.87. The van der Waals surface area contributed by atoms with Gasteiger partial charge in [0.2, 0.25) is 6.29 Å². The molecule has 1 aromatic rings. The number of aryl methyl sites for hydroxylation is 1. The summed E-state index contributed by atoms with van der Waals surface area (Å²) >= 11 is 0. The minimum absolute atomic E-state index is 0.170. The zero-order valence-electron chi connectivity index (χ0n) is 27.6. The van der Waals surface area contributed by atoms with Crippen molar-refractivity contribution < 1.29 is 57.1 Å². The number of benzene rings is 1. The number of hydrogen-bond acceptors (Lipinski definition) is 12. The minimum Gasteiger partial charge on any atom is -0.467 e. The van der Waals surface area contributed by atoms with Crippen LogP contribution >= 0.6 is 0 Å². The van der Waals surface area contributed by atoms with Crippen molar-refractivity contribution in [3.8, 4) is 18.1 Å². The average Bonchev–Trinajstić information content (AvgIpc) is 3.30. The number of methoxy groups -OCH3 is 1. The van der Waals surface area contributed by atoms with Crippen molar-refractivity contribution in [3.63, 3.8) is 0 Å². The molecule has 47 heavy (non-hydrogen) atoms. The summed E-state index contributed by atoms with van der Waals surface area (Å²) in [4.78, 5) is 61.2. The van der Waals surface area contributed by atoms with E-state index < -0.39 is 65.6 Å². The van der Waals surface area contributed by atoms with Crippen LogP contribution in [-0.2, 0) is 58.8 Å². The summed E-state index contributed by atoms with van der Waals surface area (Å²) in [5, 5.41) is 0. The normalized spacial score (nSPS) is 35.5. The van der Waals surface area contributed by atoms with Crippen molar-refractivity contribution in [1.82, 2.24) is 0 Å². The van der Waals surface area contributed by atoms with Crippen LogP contribution in [0.2, 0.25) is 0 Å². The number of carbonyl (C=O) groups is 5. The minimum atomic E-state index is -1.58. The quantitative estimate of drug-likeness (QED) is 0.183. The second-order valence-corrected chi connectivity index (χ2v) is 13.1. The first-order chi connectivity index (χ1) is 22.2. The van der Waals surface area contributed by atoms with E-state index in [-0.39, 0.29) is 17.8 Å². The summed E-state index contributed by atoms with van der Waals surface area (Å²) < 4.78 is 39.6. The molecule has 12 heteroatoms. The molecule has 1 heterocycles. The van der Waals surface area contributed by atoms with Gasteiger partial charge in [0.1, 0.15) is 11.4 Å². The second kappa shape index (κ2) is 13.3. The summed E-state index contributed by atoms with van der Waals surface area (Å²) in [6.07, 6.45) is 3.39. The smallest absolute Gasteiger partial charge is 0.339 e.